The molecule has 11 heteroatoms. The smallest absolute Gasteiger partial charge is 0.214 e. The monoisotopic (exact) mass is 435 g/mol. The topological polar surface area (TPSA) is 71.4 Å². The van der Waals surface area contributed by atoms with Gasteiger partial charge in [-0.3, -0.25) is 0 Å². The van der Waals surface area contributed by atoms with Crippen molar-refractivity contribution in [3.05, 3.63) is 30.3 Å². The molecule has 0 aliphatic heterocycles. The van der Waals surface area contributed by atoms with Crippen molar-refractivity contribution in [2.24, 2.45) is 0 Å². The van der Waals surface area contributed by atoms with Crippen LogP contribution in [0.1, 0.15) is 20.8 Å². The zero-order valence-electron chi connectivity index (χ0n) is 11.8. The molecular formula is C11H14F6N3PRu+3. The molecule has 22 heavy (non-hydrogen) atoms. The van der Waals surface area contributed by atoms with Gasteiger partial charge in [0.15, 0.2) is 0 Å². The van der Waals surface area contributed by atoms with Gasteiger partial charge in [0.25, 0.3) is 0 Å². The summed E-state index contributed by atoms with van der Waals surface area (Å²) in [6, 6.07) is 15.2. The minimum atomic E-state index is -10.7. The van der Waals surface area contributed by atoms with E-state index in [2.05, 4.69) is 0 Å². The van der Waals surface area contributed by atoms with Crippen LogP contribution in [0.15, 0.2) is 30.3 Å². The molecule has 3 nitrogen and oxygen atoms in total. The maximum atomic E-state index is 9.87. The van der Waals surface area contributed by atoms with E-state index >= 15 is 0 Å². The molecule has 1 aromatic rings. The Balaban J connectivity index is -0.0000000572. The van der Waals surface area contributed by atoms with Gasteiger partial charge in [0.05, 0.1) is 18.2 Å². The second-order valence-corrected chi connectivity index (χ2v) is 4.51. The predicted octanol–water partition coefficient (Wildman–Crippen LogP) is 6.38. The van der Waals surface area contributed by atoms with Crippen LogP contribution < -0.4 is 0 Å². The van der Waals surface area contributed by atoms with Gasteiger partial charge >= 0.3 is 52.5 Å². The van der Waals surface area contributed by atoms with Crippen molar-refractivity contribution >= 4 is 7.81 Å². The first-order valence-electron chi connectivity index (χ1n) is 4.85. The second-order valence-electron chi connectivity index (χ2n) is 2.59. The number of halogens is 6. The summed E-state index contributed by atoms with van der Waals surface area (Å²) in [4.78, 5) is 0. The van der Waals surface area contributed by atoms with E-state index in [1.807, 2.05) is 30.3 Å². The van der Waals surface area contributed by atoms with Crippen molar-refractivity contribution < 1.29 is 44.7 Å². The minimum Gasteiger partial charge on any atom is -0.214 e. The van der Waals surface area contributed by atoms with E-state index in [1.165, 1.54) is 20.8 Å². The third kappa shape index (κ3) is 471. The molecule has 0 saturated heterocycles. The molecule has 0 aliphatic carbocycles. The summed E-state index contributed by atoms with van der Waals surface area (Å²) in [7, 11) is -10.7. The van der Waals surface area contributed by atoms with Crippen LogP contribution in [-0.2, 0) is 19.5 Å². The average molecular weight is 434 g/mol. The van der Waals surface area contributed by atoms with Gasteiger partial charge in [-0.15, -0.1) is 0 Å². The molecule has 0 unspecified atom stereocenters. The Labute approximate surface area is 138 Å². The Morgan fingerprint density at radius 3 is 0.909 bits per heavy atom. The van der Waals surface area contributed by atoms with Gasteiger partial charge in [-0.1, -0.05) is 0 Å². The fraction of sp³-hybridized carbons (Fsp3) is 0.273. The van der Waals surface area contributed by atoms with E-state index in [4.69, 9.17) is 15.8 Å². The van der Waals surface area contributed by atoms with E-state index in [-0.39, 0.29) is 19.5 Å². The van der Waals surface area contributed by atoms with Crippen LogP contribution in [0.5, 0.6) is 0 Å². The number of hydrogen-bond donors (Lipinski definition) is 0. The first-order chi connectivity index (χ1) is 9.19. The summed E-state index contributed by atoms with van der Waals surface area (Å²) < 4.78 is 59.2. The summed E-state index contributed by atoms with van der Waals surface area (Å²) in [6.45, 7) is 4.29. The van der Waals surface area contributed by atoms with Gasteiger partial charge in [-0.25, -0.2) is 12.1 Å². The Bertz CT molecular complexity index is 393. The maximum absolute atomic E-state index is 10.7. The van der Waals surface area contributed by atoms with Crippen molar-refractivity contribution in [1.29, 1.82) is 15.8 Å². The third-order valence-electron chi connectivity index (χ3n) is 0.556. The van der Waals surface area contributed by atoms with Crippen molar-refractivity contribution in [2.45, 2.75) is 20.8 Å². The molecule has 0 spiro atoms. The summed E-state index contributed by atoms with van der Waals surface area (Å²) in [5.41, 5.74) is 0. The Hall–Kier alpha value is -1.55. The number of rotatable bonds is 0. The van der Waals surface area contributed by atoms with E-state index in [9.17, 15) is 25.2 Å². The third-order valence-corrected chi connectivity index (χ3v) is 0.556. The van der Waals surface area contributed by atoms with Crippen molar-refractivity contribution in [2.75, 3.05) is 0 Å². The van der Waals surface area contributed by atoms with E-state index in [0.717, 1.165) is 0 Å². The molecule has 0 fully saturated rings. The van der Waals surface area contributed by atoms with Crippen LogP contribution >= 0.6 is 7.81 Å². The first-order valence-corrected chi connectivity index (χ1v) is 6.88. The van der Waals surface area contributed by atoms with Gasteiger partial charge in [0.2, 0.25) is 0 Å². The molecule has 0 saturated carbocycles. The molecule has 125 valence electrons. The van der Waals surface area contributed by atoms with Crippen LogP contribution in [0.2, 0.25) is 0 Å². The Morgan fingerprint density at radius 1 is 0.727 bits per heavy atom. The van der Waals surface area contributed by atoms with Crippen LogP contribution in [-0.4, -0.2) is 0 Å². The maximum Gasteiger partial charge on any atom is 5.00 e. The normalized spacial score (nSPS) is 10.3. The van der Waals surface area contributed by atoms with Crippen molar-refractivity contribution in [3.63, 3.8) is 0 Å². The fourth-order valence-electron chi connectivity index (χ4n) is 0.321. The largest absolute Gasteiger partial charge is 5.00 e. The fourth-order valence-corrected chi connectivity index (χ4v) is 0.321. The standard InChI is InChI=1S/C5H5.3C2H3N.F6P.Ru/c1-2-4-5-3-1;3*1-2-3;1-7(2,3,4,5)6;/h1-5H;3*1H3;;/q-1;;;;-1;+5. The van der Waals surface area contributed by atoms with Gasteiger partial charge in [-0.05, 0) is 0 Å². The molecule has 0 N–H and O–H groups in total. The van der Waals surface area contributed by atoms with Gasteiger partial charge in [0.1, 0.15) is 0 Å². The SMILES string of the molecule is CC#N.CC#N.CC#N.F[P-](F)(F)(F)(F)F.[Ru+5].c1cc[cH-]c1. The van der Waals surface area contributed by atoms with Crippen molar-refractivity contribution in [3.8, 4) is 18.2 Å². The minimum absolute atomic E-state index is 0. The van der Waals surface area contributed by atoms with E-state index in [0.29, 0.717) is 0 Å². The van der Waals surface area contributed by atoms with Crippen LogP contribution in [0.25, 0.3) is 0 Å². The van der Waals surface area contributed by atoms with Crippen molar-refractivity contribution in [1.82, 2.24) is 0 Å². The number of nitrogens with zero attached hydrogens (tertiary/aromatic N) is 3. The zero-order valence-corrected chi connectivity index (χ0v) is 14.4. The molecule has 1 rings (SSSR count). The van der Waals surface area contributed by atoms with Gasteiger partial charge < -0.3 is 0 Å². The molecule has 0 atom stereocenters. The molecule has 1 radical (unpaired) electrons. The molecule has 1 aromatic carbocycles. The molecule has 0 aromatic heterocycles. The van der Waals surface area contributed by atoms with Crippen LogP contribution in [0, 0.1) is 34.0 Å². The second kappa shape index (κ2) is 14.4. The summed E-state index contributed by atoms with van der Waals surface area (Å²) in [5, 5.41) is 22.0. The van der Waals surface area contributed by atoms with Crippen LogP contribution in [0.3, 0.4) is 0 Å². The quantitative estimate of drug-likeness (QED) is 0.206. The van der Waals surface area contributed by atoms with E-state index in [1.54, 1.807) is 18.2 Å². The number of nitriles is 3. The molecule has 0 bridgehead atoms. The summed E-state index contributed by atoms with van der Waals surface area (Å²) in [5.74, 6) is 0. The Morgan fingerprint density at radius 2 is 0.864 bits per heavy atom. The Kier molecular flexibility index (Phi) is 21.2. The van der Waals surface area contributed by atoms with E-state index < -0.39 is 7.81 Å². The molecular weight excluding hydrogens is 420 g/mol. The summed E-state index contributed by atoms with van der Waals surface area (Å²) >= 11 is 0. The zero-order chi connectivity index (χ0) is 18.1. The van der Waals surface area contributed by atoms with Crippen LogP contribution in [0.4, 0.5) is 25.2 Å². The van der Waals surface area contributed by atoms with Gasteiger partial charge in [0, 0.05) is 20.8 Å². The molecule has 0 amide bonds. The predicted molar refractivity (Wildman–Crippen MR) is 69.5 cm³/mol. The van der Waals surface area contributed by atoms with Gasteiger partial charge in [-0.2, -0.15) is 34.0 Å². The average Bonchev–Trinajstić information content (AvgIpc) is 2.72. The molecule has 0 aliphatic rings. The molecule has 0 heterocycles. The number of hydrogen-bond acceptors (Lipinski definition) is 3. The summed E-state index contributed by atoms with van der Waals surface area (Å²) in [6.07, 6.45) is 0. The first kappa shape index (κ1) is 32.4.